The Morgan fingerprint density at radius 3 is 2.73 bits per heavy atom. The summed E-state index contributed by atoms with van der Waals surface area (Å²) < 4.78 is 0. The number of aromatic carboxylic acids is 1. The second kappa shape index (κ2) is 6.64. The Morgan fingerprint density at radius 1 is 1.35 bits per heavy atom. The van der Waals surface area contributed by atoms with Gasteiger partial charge in [0, 0.05) is 11.1 Å². The van der Waals surface area contributed by atoms with Crippen LogP contribution in [0.5, 0.6) is 0 Å². The minimum absolute atomic E-state index is 0.146. The van der Waals surface area contributed by atoms with E-state index in [1.54, 1.807) is 0 Å². The summed E-state index contributed by atoms with van der Waals surface area (Å²) in [5.41, 5.74) is 7.72. The number of para-hydroxylation sites is 1. The van der Waals surface area contributed by atoms with Crippen LogP contribution in [0.4, 0.5) is 11.4 Å². The van der Waals surface area contributed by atoms with E-state index >= 15 is 0 Å². The number of nitrogens with one attached hydrogen (secondary N) is 2. The second-order valence-electron chi connectivity index (χ2n) is 5.82. The van der Waals surface area contributed by atoms with E-state index in [2.05, 4.69) is 10.3 Å². The van der Waals surface area contributed by atoms with E-state index in [1.807, 2.05) is 32.0 Å². The summed E-state index contributed by atoms with van der Waals surface area (Å²) in [6.07, 6.45) is 0.758. The summed E-state index contributed by atoms with van der Waals surface area (Å²) in [7, 11) is 0. The molecule has 3 rings (SSSR count). The molecule has 0 radical (unpaired) electrons. The van der Waals surface area contributed by atoms with Gasteiger partial charge < -0.3 is 21.1 Å². The zero-order valence-corrected chi connectivity index (χ0v) is 15.0. The van der Waals surface area contributed by atoms with E-state index in [-0.39, 0.29) is 10.6 Å². The van der Waals surface area contributed by atoms with Crippen molar-refractivity contribution in [2.45, 2.75) is 20.3 Å². The minimum atomic E-state index is -1.35. The highest BCUT2D eigenvalue weighted by molar-refractivity contribution is 7.21. The van der Waals surface area contributed by atoms with Crippen molar-refractivity contribution >= 4 is 44.8 Å². The van der Waals surface area contributed by atoms with Crippen molar-refractivity contribution in [2.75, 3.05) is 11.1 Å². The number of nitrogens with two attached hydrogens (primary N) is 1. The van der Waals surface area contributed by atoms with Crippen LogP contribution in [0.25, 0.3) is 10.2 Å². The van der Waals surface area contributed by atoms with Gasteiger partial charge in [-0.2, -0.15) is 0 Å². The molecule has 0 aliphatic carbocycles. The SMILES string of the molecule is CCc1cccc(C)c1NC(=O)c1sc2[nH]c(=O)c(C(=O)O)cc2c1N. The highest BCUT2D eigenvalue weighted by Gasteiger charge is 2.21. The van der Waals surface area contributed by atoms with E-state index in [0.717, 1.165) is 34.6 Å². The Balaban J connectivity index is 2.06. The van der Waals surface area contributed by atoms with Crippen LogP contribution in [0.3, 0.4) is 0 Å². The summed E-state index contributed by atoms with van der Waals surface area (Å²) in [4.78, 5) is 38.7. The number of hydrogen-bond donors (Lipinski definition) is 4. The van der Waals surface area contributed by atoms with Gasteiger partial charge in [0.2, 0.25) is 0 Å². The predicted octanol–water partition coefficient (Wildman–Crippen LogP) is 2.99. The molecule has 2 aromatic heterocycles. The fourth-order valence-corrected chi connectivity index (χ4v) is 3.76. The van der Waals surface area contributed by atoms with Crippen molar-refractivity contribution in [2.24, 2.45) is 0 Å². The fraction of sp³-hybridized carbons (Fsp3) is 0.167. The first-order valence-electron chi connectivity index (χ1n) is 7.91. The molecule has 1 amide bonds. The summed E-state index contributed by atoms with van der Waals surface area (Å²) in [5, 5.41) is 12.3. The molecule has 2 heterocycles. The molecule has 0 unspecified atom stereocenters. The van der Waals surface area contributed by atoms with Crippen LogP contribution in [-0.4, -0.2) is 22.0 Å². The van der Waals surface area contributed by atoms with Crippen LogP contribution in [0.2, 0.25) is 0 Å². The molecular weight excluding hydrogens is 354 g/mol. The molecule has 5 N–H and O–H groups in total. The average molecular weight is 371 g/mol. The molecule has 0 saturated carbocycles. The van der Waals surface area contributed by atoms with Crippen molar-refractivity contribution in [3.05, 3.63) is 56.2 Å². The Labute approximate surface area is 152 Å². The molecular formula is C18H17N3O4S. The first-order valence-corrected chi connectivity index (χ1v) is 8.73. The van der Waals surface area contributed by atoms with Crippen LogP contribution < -0.4 is 16.6 Å². The molecule has 0 aliphatic rings. The van der Waals surface area contributed by atoms with Gasteiger partial charge in [0.1, 0.15) is 15.3 Å². The number of carbonyl (C=O) groups excluding carboxylic acids is 1. The van der Waals surface area contributed by atoms with Crippen LogP contribution >= 0.6 is 11.3 Å². The van der Waals surface area contributed by atoms with E-state index in [1.165, 1.54) is 6.07 Å². The Kier molecular flexibility index (Phi) is 4.52. The number of aromatic amines is 1. The van der Waals surface area contributed by atoms with Gasteiger partial charge >= 0.3 is 5.97 Å². The molecule has 0 atom stereocenters. The topological polar surface area (TPSA) is 125 Å². The molecule has 0 spiro atoms. The number of aromatic nitrogens is 1. The standard InChI is InChI=1S/C18H17N3O4S/c1-3-9-6-4-5-8(2)13(9)20-16(23)14-12(19)10-7-11(18(24)25)15(22)21-17(10)26-14/h4-7H,3,19H2,1-2H3,(H,20,23)(H,21,22)(H,24,25). The van der Waals surface area contributed by atoms with E-state index < -0.39 is 23.0 Å². The summed E-state index contributed by atoms with van der Waals surface area (Å²) in [6.45, 7) is 3.90. The van der Waals surface area contributed by atoms with Crippen LogP contribution in [-0.2, 0) is 6.42 Å². The number of thiophene rings is 1. The number of fused-ring (bicyclic) bond motifs is 1. The molecule has 3 aromatic rings. The highest BCUT2D eigenvalue weighted by Crippen LogP contribution is 2.33. The minimum Gasteiger partial charge on any atom is -0.477 e. The lowest BCUT2D eigenvalue weighted by Gasteiger charge is -2.12. The van der Waals surface area contributed by atoms with Gasteiger partial charge in [-0.1, -0.05) is 25.1 Å². The van der Waals surface area contributed by atoms with Crippen LogP contribution in [0.15, 0.2) is 29.1 Å². The number of carboxylic acid groups (broad SMARTS) is 1. The molecule has 0 fully saturated rings. The largest absolute Gasteiger partial charge is 0.477 e. The number of pyridine rings is 1. The number of benzene rings is 1. The monoisotopic (exact) mass is 371 g/mol. The molecule has 1 aromatic carbocycles. The lowest BCUT2D eigenvalue weighted by atomic mass is 10.1. The number of H-pyrrole nitrogens is 1. The van der Waals surface area contributed by atoms with Crippen LogP contribution in [0.1, 0.15) is 38.1 Å². The first kappa shape index (κ1) is 17.7. The van der Waals surface area contributed by atoms with Crippen molar-refractivity contribution in [1.29, 1.82) is 0 Å². The van der Waals surface area contributed by atoms with Gasteiger partial charge in [-0.15, -0.1) is 11.3 Å². The number of hydrogen-bond acceptors (Lipinski definition) is 5. The number of aryl methyl sites for hydroxylation is 2. The third-order valence-corrected chi connectivity index (χ3v) is 5.29. The smallest absolute Gasteiger partial charge is 0.341 e. The van der Waals surface area contributed by atoms with Crippen molar-refractivity contribution in [1.82, 2.24) is 4.98 Å². The lowest BCUT2D eigenvalue weighted by Crippen LogP contribution is -2.16. The number of nitrogen functional groups attached to an aromatic ring is 1. The normalized spacial score (nSPS) is 10.8. The molecule has 26 heavy (non-hydrogen) atoms. The molecule has 0 saturated heterocycles. The maximum Gasteiger partial charge on any atom is 0.341 e. The van der Waals surface area contributed by atoms with Gasteiger partial charge in [-0.3, -0.25) is 9.59 Å². The molecule has 7 nitrogen and oxygen atoms in total. The van der Waals surface area contributed by atoms with Crippen molar-refractivity contribution in [3.63, 3.8) is 0 Å². The molecule has 0 aliphatic heterocycles. The molecule has 8 heteroatoms. The third kappa shape index (κ3) is 2.95. The lowest BCUT2D eigenvalue weighted by molar-refractivity contribution is 0.0695. The van der Waals surface area contributed by atoms with Gasteiger partial charge in [0.15, 0.2) is 0 Å². The number of carboxylic acids is 1. The fourth-order valence-electron chi connectivity index (χ4n) is 2.77. The van der Waals surface area contributed by atoms with Gasteiger partial charge in [-0.05, 0) is 30.5 Å². The quantitative estimate of drug-likeness (QED) is 0.561. The number of carbonyl (C=O) groups is 2. The summed E-state index contributed by atoms with van der Waals surface area (Å²) in [5.74, 6) is -1.75. The average Bonchev–Trinajstić information content (AvgIpc) is 2.91. The Hall–Kier alpha value is -3.13. The first-order chi connectivity index (χ1) is 12.3. The number of amides is 1. The van der Waals surface area contributed by atoms with Crippen LogP contribution in [0, 0.1) is 6.92 Å². The van der Waals surface area contributed by atoms with E-state index in [9.17, 15) is 14.4 Å². The summed E-state index contributed by atoms with van der Waals surface area (Å²) >= 11 is 1.02. The Bertz CT molecular complexity index is 1100. The van der Waals surface area contributed by atoms with Gasteiger partial charge in [0.05, 0.1) is 5.69 Å². The number of rotatable bonds is 4. The van der Waals surface area contributed by atoms with Crippen molar-refractivity contribution in [3.8, 4) is 0 Å². The second-order valence-corrected chi connectivity index (χ2v) is 6.84. The summed E-state index contributed by atoms with van der Waals surface area (Å²) in [6, 6.07) is 6.97. The number of anilines is 2. The van der Waals surface area contributed by atoms with Crippen molar-refractivity contribution < 1.29 is 14.7 Å². The maximum absolute atomic E-state index is 12.7. The third-order valence-electron chi connectivity index (χ3n) is 4.16. The maximum atomic E-state index is 12.7. The zero-order chi connectivity index (χ0) is 19.0. The molecule has 0 bridgehead atoms. The highest BCUT2D eigenvalue weighted by atomic mass is 32.1. The zero-order valence-electron chi connectivity index (χ0n) is 14.2. The van der Waals surface area contributed by atoms with Gasteiger partial charge in [0.25, 0.3) is 11.5 Å². The van der Waals surface area contributed by atoms with E-state index in [4.69, 9.17) is 10.8 Å². The Morgan fingerprint density at radius 2 is 2.08 bits per heavy atom. The predicted molar refractivity (Wildman–Crippen MR) is 102 cm³/mol. The molecule has 134 valence electrons. The van der Waals surface area contributed by atoms with E-state index in [0.29, 0.717) is 10.2 Å². The van der Waals surface area contributed by atoms with Gasteiger partial charge in [-0.25, -0.2) is 4.79 Å².